The largest absolute Gasteiger partial charge is 0.369 e. The fourth-order valence-corrected chi connectivity index (χ4v) is 3.97. The Morgan fingerprint density at radius 3 is 2.23 bits per heavy atom. The van der Waals surface area contributed by atoms with Crippen molar-refractivity contribution in [1.82, 2.24) is 4.90 Å². The molecule has 0 spiro atoms. The van der Waals surface area contributed by atoms with E-state index < -0.39 is 0 Å². The zero-order valence-corrected chi connectivity index (χ0v) is 17.6. The van der Waals surface area contributed by atoms with Gasteiger partial charge in [0.2, 0.25) is 5.91 Å². The van der Waals surface area contributed by atoms with Crippen LogP contribution in [0.5, 0.6) is 0 Å². The van der Waals surface area contributed by atoms with E-state index in [-0.39, 0.29) is 5.91 Å². The van der Waals surface area contributed by atoms with Gasteiger partial charge in [0.25, 0.3) is 0 Å². The molecule has 1 heterocycles. The molecule has 0 bridgehead atoms. The molecule has 1 aliphatic heterocycles. The monoisotopic (exact) mass is 399 g/mol. The Labute approximate surface area is 179 Å². The van der Waals surface area contributed by atoms with Crippen molar-refractivity contribution in [2.45, 2.75) is 19.9 Å². The molecule has 0 aliphatic carbocycles. The molecule has 0 aromatic heterocycles. The third kappa shape index (κ3) is 5.49. The molecule has 30 heavy (non-hydrogen) atoms. The molecule has 0 unspecified atom stereocenters. The van der Waals surface area contributed by atoms with Crippen LogP contribution in [0.15, 0.2) is 78.9 Å². The quantitative estimate of drug-likeness (QED) is 0.663. The summed E-state index contributed by atoms with van der Waals surface area (Å²) in [6, 6.07) is 27.0. The number of amides is 1. The molecule has 154 valence electrons. The summed E-state index contributed by atoms with van der Waals surface area (Å²) in [5.74, 6) is 0.0166. The average Bonchev–Trinajstić information content (AvgIpc) is 2.76. The van der Waals surface area contributed by atoms with E-state index in [4.69, 9.17) is 0 Å². The van der Waals surface area contributed by atoms with Crippen LogP contribution in [0.2, 0.25) is 0 Å². The average molecular weight is 400 g/mol. The second-order valence-electron chi connectivity index (χ2n) is 8.01. The zero-order valence-electron chi connectivity index (χ0n) is 17.6. The van der Waals surface area contributed by atoms with Gasteiger partial charge in [0.1, 0.15) is 0 Å². The summed E-state index contributed by atoms with van der Waals surface area (Å²) in [4.78, 5) is 17.3. The van der Waals surface area contributed by atoms with Crippen molar-refractivity contribution in [3.8, 4) is 0 Å². The topological polar surface area (TPSA) is 35.6 Å². The van der Waals surface area contributed by atoms with Gasteiger partial charge in [-0.2, -0.15) is 0 Å². The number of carbonyl (C=O) groups is 1. The van der Waals surface area contributed by atoms with Gasteiger partial charge in [-0.15, -0.1) is 0 Å². The maximum atomic E-state index is 12.3. The minimum absolute atomic E-state index is 0.0166. The molecule has 0 atom stereocenters. The van der Waals surface area contributed by atoms with Crippen LogP contribution in [0, 0.1) is 6.92 Å². The van der Waals surface area contributed by atoms with E-state index in [2.05, 4.69) is 63.6 Å². The van der Waals surface area contributed by atoms with Crippen LogP contribution >= 0.6 is 0 Å². The molecule has 0 radical (unpaired) electrons. The molecule has 1 N–H and O–H groups in total. The Kier molecular flexibility index (Phi) is 6.45. The summed E-state index contributed by atoms with van der Waals surface area (Å²) >= 11 is 0. The molecule has 4 heteroatoms. The van der Waals surface area contributed by atoms with Gasteiger partial charge < -0.3 is 10.2 Å². The van der Waals surface area contributed by atoms with E-state index in [0.717, 1.165) is 44.0 Å². The maximum Gasteiger partial charge on any atom is 0.228 e. The van der Waals surface area contributed by atoms with Crippen molar-refractivity contribution in [1.29, 1.82) is 0 Å². The van der Waals surface area contributed by atoms with E-state index in [1.807, 2.05) is 37.3 Å². The van der Waals surface area contributed by atoms with Crippen LogP contribution in [0.1, 0.15) is 16.7 Å². The van der Waals surface area contributed by atoms with Crippen molar-refractivity contribution in [3.63, 3.8) is 0 Å². The second kappa shape index (κ2) is 9.59. The first-order chi connectivity index (χ1) is 14.7. The van der Waals surface area contributed by atoms with Crippen molar-refractivity contribution in [2.24, 2.45) is 0 Å². The molecule has 0 saturated carbocycles. The third-order valence-electron chi connectivity index (χ3n) is 5.58. The minimum Gasteiger partial charge on any atom is -0.369 e. The van der Waals surface area contributed by atoms with E-state index in [9.17, 15) is 4.79 Å². The Bertz CT molecular complexity index is 961. The highest BCUT2D eigenvalue weighted by Gasteiger charge is 2.17. The van der Waals surface area contributed by atoms with Crippen molar-refractivity contribution < 1.29 is 4.79 Å². The van der Waals surface area contributed by atoms with Crippen molar-refractivity contribution >= 4 is 17.3 Å². The number of carbonyl (C=O) groups excluding carboxylic acids is 1. The molecular weight excluding hydrogens is 370 g/mol. The number of piperazine rings is 1. The van der Waals surface area contributed by atoms with Gasteiger partial charge in [-0.25, -0.2) is 0 Å². The number of nitrogens with zero attached hydrogens (tertiary/aromatic N) is 2. The normalized spacial score (nSPS) is 14.5. The molecule has 1 aliphatic rings. The number of anilines is 2. The maximum absolute atomic E-state index is 12.3. The smallest absolute Gasteiger partial charge is 0.228 e. The van der Waals surface area contributed by atoms with Gasteiger partial charge in [-0.05, 0) is 42.3 Å². The zero-order chi connectivity index (χ0) is 20.8. The summed E-state index contributed by atoms with van der Waals surface area (Å²) < 4.78 is 0. The van der Waals surface area contributed by atoms with Crippen LogP contribution in [0.3, 0.4) is 0 Å². The molecule has 1 fully saturated rings. The first-order valence-corrected chi connectivity index (χ1v) is 10.6. The summed E-state index contributed by atoms with van der Waals surface area (Å²) in [7, 11) is 0. The highest BCUT2D eigenvalue weighted by atomic mass is 16.1. The fraction of sp³-hybridized carbons (Fsp3) is 0.269. The van der Waals surface area contributed by atoms with Gasteiger partial charge in [0, 0.05) is 44.1 Å². The van der Waals surface area contributed by atoms with Gasteiger partial charge in [0.15, 0.2) is 0 Å². The fourth-order valence-electron chi connectivity index (χ4n) is 3.97. The lowest BCUT2D eigenvalue weighted by Crippen LogP contribution is -2.45. The Balaban J connectivity index is 1.27. The van der Waals surface area contributed by atoms with Crippen LogP contribution in [0.4, 0.5) is 11.4 Å². The number of nitrogens with one attached hydrogen (secondary N) is 1. The van der Waals surface area contributed by atoms with Crippen molar-refractivity contribution in [3.05, 3.63) is 95.6 Å². The lowest BCUT2D eigenvalue weighted by molar-refractivity contribution is -0.115. The van der Waals surface area contributed by atoms with Crippen LogP contribution in [-0.2, 0) is 17.8 Å². The molecule has 4 rings (SSSR count). The number of rotatable bonds is 6. The van der Waals surface area contributed by atoms with Gasteiger partial charge >= 0.3 is 0 Å². The van der Waals surface area contributed by atoms with Crippen molar-refractivity contribution in [2.75, 3.05) is 36.4 Å². The second-order valence-corrected chi connectivity index (χ2v) is 8.01. The number of aryl methyl sites for hydroxylation is 1. The number of benzene rings is 3. The van der Waals surface area contributed by atoms with E-state index in [0.29, 0.717) is 6.42 Å². The van der Waals surface area contributed by atoms with E-state index >= 15 is 0 Å². The van der Waals surface area contributed by atoms with E-state index in [1.165, 1.54) is 16.8 Å². The van der Waals surface area contributed by atoms with Crippen LogP contribution in [-0.4, -0.2) is 37.0 Å². The van der Waals surface area contributed by atoms with Gasteiger partial charge in [-0.3, -0.25) is 9.69 Å². The van der Waals surface area contributed by atoms with Gasteiger partial charge in [0.05, 0.1) is 6.42 Å². The first kappa shape index (κ1) is 20.2. The number of hydrogen-bond donors (Lipinski definition) is 1. The van der Waals surface area contributed by atoms with Crippen LogP contribution in [0.25, 0.3) is 0 Å². The molecule has 3 aromatic rings. The lowest BCUT2D eigenvalue weighted by Gasteiger charge is -2.36. The Morgan fingerprint density at radius 2 is 1.53 bits per heavy atom. The molecular formula is C26H29N3O. The Morgan fingerprint density at radius 1 is 0.833 bits per heavy atom. The highest BCUT2D eigenvalue weighted by Crippen LogP contribution is 2.20. The summed E-state index contributed by atoms with van der Waals surface area (Å²) in [5, 5.41) is 3.01. The van der Waals surface area contributed by atoms with Gasteiger partial charge in [-0.1, -0.05) is 60.2 Å². The summed E-state index contributed by atoms with van der Waals surface area (Å²) in [6.07, 6.45) is 0.396. The standard InChI is InChI=1S/C26H29N3O/c1-21-6-5-9-23(18-21)19-26(30)27-24-10-12-25(13-11-24)29-16-14-28(15-17-29)20-22-7-3-2-4-8-22/h2-13,18H,14-17,19-20H2,1H3,(H,27,30). The third-order valence-corrected chi connectivity index (χ3v) is 5.58. The summed E-state index contributed by atoms with van der Waals surface area (Å²) in [5.41, 5.74) is 5.65. The van der Waals surface area contributed by atoms with E-state index in [1.54, 1.807) is 0 Å². The highest BCUT2D eigenvalue weighted by molar-refractivity contribution is 5.92. The lowest BCUT2D eigenvalue weighted by atomic mass is 10.1. The molecule has 1 saturated heterocycles. The molecule has 4 nitrogen and oxygen atoms in total. The van der Waals surface area contributed by atoms with Crippen LogP contribution < -0.4 is 10.2 Å². The Hall–Kier alpha value is -3.11. The predicted molar refractivity (Wildman–Crippen MR) is 124 cm³/mol. The molecule has 1 amide bonds. The number of hydrogen-bond acceptors (Lipinski definition) is 3. The SMILES string of the molecule is Cc1cccc(CC(=O)Nc2ccc(N3CCN(Cc4ccccc4)CC3)cc2)c1. The molecule has 3 aromatic carbocycles. The first-order valence-electron chi connectivity index (χ1n) is 10.6. The summed E-state index contributed by atoms with van der Waals surface area (Å²) in [6.45, 7) is 7.22. The minimum atomic E-state index is 0.0166. The predicted octanol–water partition coefficient (Wildman–Crippen LogP) is 4.50.